The topological polar surface area (TPSA) is 129 Å². The lowest BCUT2D eigenvalue weighted by Crippen LogP contribution is -2.25. The molecule has 1 heterocycles. The number of methoxy groups -OCH3 is 1. The molecule has 11 heteroatoms. The number of rotatable bonds is 11. The minimum Gasteiger partial charge on any atom is -0.497 e. The van der Waals surface area contributed by atoms with Crippen LogP contribution in [0.3, 0.4) is 0 Å². The van der Waals surface area contributed by atoms with Crippen LogP contribution in [0.5, 0.6) is 17.2 Å². The number of hydrogen-bond acceptors (Lipinski definition) is 9. The smallest absolute Gasteiger partial charge is 0.264 e. The molecule has 4 rings (SSSR count). The lowest BCUT2D eigenvalue weighted by molar-refractivity contribution is -0.118. The number of nitrogens with zero attached hydrogens (tertiary/aromatic N) is 4. The molecular weight excluding hydrogens is 478 g/mol. The average Bonchev–Trinajstić information content (AvgIpc) is 3.26. The standard InChI is InChI=1S/C25H25N7O3S/c1-34-20-12-10-18(11-13-20)15-27-23(33)17-36-25-31-30-24(32(25)26)29-28-16-19-6-5-9-22(14-19)35-21-7-3-2-4-8-21/h2-14,16H,15,17,26H2,1H3,(H,27,33)(H,29,30)/b28-16+. The van der Waals surface area contributed by atoms with Gasteiger partial charge in [0.1, 0.15) is 17.2 Å². The van der Waals surface area contributed by atoms with Gasteiger partial charge in [-0.2, -0.15) is 5.10 Å². The Morgan fingerprint density at radius 1 is 1.03 bits per heavy atom. The zero-order valence-corrected chi connectivity index (χ0v) is 20.3. The van der Waals surface area contributed by atoms with Crippen LogP contribution in [0.25, 0.3) is 0 Å². The number of nitrogens with one attached hydrogen (secondary N) is 2. The second-order valence-corrected chi connectivity index (χ2v) is 8.39. The molecule has 0 radical (unpaired) electrons. The fourth-order valence-corrected chi connectivity index (χ4v) is 3.71. The molecule has 36 heavy (non-hydrogen) atoms. The van der Waals surface area contributed by atoms with Crippen LogP contribution in [0.15, 0.2) is 89.1 Å². The van der Waals surface area contributed by atoms with Gasteiger partial charge >= 0.3 is 0 Å². The Morgan fingerprint density at radius 3 is 2.58 bits per heavy atom. The van der Waals surface area contributed by atoms with Gasteiger partial charge in [-0.3, -0.25) is 4.79 Å². The van der Waals surface area contributed by atoms with E-state index in [-0.39, 0.29) is 17.6 Å². The maximum Gasteiger partial charge on any atom is 0.264 e. The van der Waals surface area contributed by atoms with Crippen LogP contribution < -0.4 is 26.1 Å². The summed E-state index contributed by atoms with van der Waals surface area (Å²) in [7, 11) is 1.61. The fourth-order valence-electron chi connectivity index (χ4n) is 3.02. The number of nitrogen functional groups attached to an aromatic ring is 1. The van der Waals surface area contributed by atoms with Crippen LogP contribution in [-0.4, -0.2) is 39.9 Å². The quantitative estimate of drug-likeness (QED) is 0.122. The van der Waals surface area contributed by atoms with Gasteiger partial charge in [-0.15, -0.1) is 10.2 Å². The van der Waals surface area contributed by atoms with Crippen molar-refractivity contribution >= 4 is 29.8 Å². The molecular formula is C25H25N7O3S. The van der Waals surface area contributed by atoms with Gasteiger partial charge in [0.15, 0.2) is 0 Å². The number of aromatic nitrogens is 3. The number of thioether (sulfide) groups is 1. The number of nitrogens with two attached hydrogens (primary N) is 1. The van der Waals surface area contributed by atoms with Crippen LogP contribution >= 0.6 is 11.8 Å². The van der Waals surface area contributed by atoms with Crippen molar-refractivity contribution in [2.75, 3.05) is 24.1 Å². The molecule has 0 atom stereocenters. The number of carbonyl (C=O) groups excluding carboxylic acids is 1. The Hall–Kier alpha value is -4.51. The molecule has 3 aromatic carbocycles. The number of anilines is 1. The highest BCUT2D eigenvalue weighted by molar-refractivity contribution is 7.99. The number of hydrazone groups is 1. The van der Waals surface area contributed by atoms with E-state index in [9.17, 15) is 4.79 Å². The molecule has 0 spiro atoms. The number of carbonyl (C=O) groups is 1. The van der Waals surface area contributed by atoms with Crippen molar-refractivity contribution in [2.45, 2.75) is 11.7 Å². The van der Waals surface area contributed by atoms with Gasteiger partial charge in [0.2, 0.25) is 11.1 Å². The second-order valence-electron chi connectivity index (χ2n) is 7.45. The van der Waals surface area contributed by atoms with Gasteiger partial charge in [0.25, 0.3) is 5.95 Å². The number of benzene rings is 3. The van der Waals surface area contributed by atoms with Crippen molar-refractivity contribution < 1.29 is 14.3 Å². The van der Waals surface area contributed by atoms with Gasteiger partial charge in [0, 0.05) is 6.54 Å². The minimum atomic E-state index is -0.149. The van der Waals surface area contributed by atoms with Crippen LogP contribution in [-0.2, 0) is 11.3 Å². The molecule has 10 nitrogen and oxygen atoms in total. The van der Waals surface area contributed by atoms with Gasteiger partial charge in [-0.1, -0.05) is 54.2 Å². The molecule has 0 saturated heterocycles. The third kappa shape index (κ3) is 7.00. The Labute approximate surface area is 212 Å². The van der Waals surface area contributed by atoms with E-state index in [1.165, 1.54) is 16.4 Å². The first kappa shape index (κ1) is 24.6. The molecule has 0 bridgehead atoms. The zero-order chi connectivity index (χ0) is 25.2. The lowest BCUT2D eigenvalue weighted by Gasteiger charge is -2.06. The van der Waals surface area contributed by atoms with E-state index in [1.807, 2.05) is 78.9 Å². The Kier molecular flexibility index (Phi) is 8.39. The van der Waals surface area contributed by atoms with E-state index in [0.29, 0.717) is 17.5 Å². The Balaban J connectivity index is 1.25. The summed E-state index contributed by atoms with van der Waals surface area (Å²) in [5.41, 5.74) is 4.55. The third-order valence-corrected chi connectivity index (χ3v) is 5.80. The molecule has 4 aromatic rings. The Bertz CT molecular complexity index is 1310. The highest BCUT2D eigenvalue weighted by Gasteiger charge is 2.12. The molecule has 184 valence electrons. The predicted molar refractivity (Wildman–Crippen MR) is 140 cm³/mol. The third-order valence-electron chi connectivity index (χ3n) is 4.86. The molecule has 0 unspecified atom stereocenters. The first-order valence-electron chi connectivity index (χ1n) is 11.0. The average molecular weight is 504 g/mol. The molecule has 0 aliphatic rings. The molecule has 0 fully saturated rings. The fraction of sp³-hybridized carbons (Fsp3) is 0.120. The normalized spacial score (nSPS) is 10.8. The number of para-hydroxylation sites is 1. The zero-order valence-electron chi connectivity index (χ0n) is 19.5. The van der Waals surface area contributed by atoms with E-state index >= 15 is 0 Å². The molecule has 1 aromatic heterocycles. The van der Waals surface area contributed by atoms with Gasteiger partial charge < -0.3 is 20.6 Å². The SMILES string of the molecule is COc1ccc(CNC(=O)CSc2nnc(N/N=C/c3cccc(Oc4ccccc4)c3)n2N)cc1. The summed E-state index contributed by atoms with van der Waals surface area (Å²) in [6.07, 6.45) is 1.62. The Morgan fingerprint density at radius 2 is 1.81 bits per heavy atom. The van der Waals surface area contributed by atoms with E-state index in [1.54, 1.807) is 13.3 Å². The predicted octanol–water partition coefficient (Wildman–Crippen LogP) is 3.65. The van der Waals surface area contributed by atoms with Crippen molar-refractivity contribution in [3.8, 4) is 17.2 Å². The van der Waals surface area contributed by atoms with Crippen LogP contribution in [0.2, 0.25) is 0 Å². The van der Waals surface area contributed by atoms with E-state index in [4.69, 9.17) is 15.3 Å². The monoisotopic (exact) mass is 503 g/mol. The summed E-state index contributed by atoms with van der Waals surface area (Å²) >= 11 is 1.17. The molecule has 0 aliphatic carbocycles. The van der Waals surface area contributed by atoms with Crippen molar-refractivity contribution in [3.63, 3.8) is 0 Å². The maximum absolute atomic E-state index is 12.2. The van der Waals surface area contributed by atoms with Crippen LogP contribution in [0.1, 0.15) is 11.1 Å². The first-order valence-corrected chi connectivity index (χ1v) is 11.9. The molecule has 0 aliphatic heterocycles. The molecule has 0 saturated carbocycles. The largest absolute Gasteiger partial charge is 0.497 e. The summed E-state index contributed by atoms with van der Waals surface area (Å²) in [5.74, 6) is 8.48. The number of ether oxygens (including phenoxy) is 2. The van der Waals surface area contributed by atoms with E-state index < -0.39 is 0 Å². The van der Waals surface area contributed by atoms with Gasteiger partial charge in [-0.05, 0) is 47.5 Å². The van der Waals surface area contributed by atoms with Crippen LogP contribution in [0.4, 0.5) is 5.95 Å². The van der Waals surface area contributed by atoms with Gasteiger partial charge in [-0.25, -0.2) is 10.1 Å². The van der Waals surface area contributed by atoms with E-state index in [0.717, 1.165) is 22.6 Å². The summed E-state index contributed by atoms with van der Waals surface area (Å²) in [6, 6.07) is 24.5. The van der Waals surface area contributed by atoms with Crippen molar-refractivity contribution in [2.24, 2.45) is 5.10 Å². The van der Waals surface area contributed by atoms with Crippen LogP contribution in [0, 0.1) is 0 Å². The lowest BCUT2D eigenvalue weighted by atomic mass is 10.2. The van der Waals surface area contributed by atoms with Gasteiger partial charge in [0.05, 0.1) is 19.1 Å². The summed E-state index contributed by atoms with van der Waals surface area (Å²) in [4.78, 5) is 12.2. The first-order chi connectivity index (χ1) is 17.6. The van der Waals surface area contributed by atoms with E-state index in [2.05, 4.69) is 26.0 Å². The number of hydrogen-bond donors (Lipinski definition) is 3. The van der Waals surface area contributed by atoms with Crippen molar-refractivity contribution in [3.05, 3.63) is 90.0 Å². The molecule has 4 N–H and O–H groups in total. The summed E-state index contributed by atoms with van der Waals surface area (Å²) in [5, 5.41) is 15.4. The highest BCUT2D eigenvalue weighted by atomic mass is 32.2. The minimum absolute atomic E-state index is 0.142. The summed E-state index contributed by atoms with van der Waals surface area (Å²) < 4.78 is 12.2. The maximum atomic E-state index is 12.2. The summed E-state index contributed by atoms with van der Waals surface area (Å²) in [6.45, 7) is 0.414. The number of amides is 1. The second kappa shape index (κ2) is 12.3. The van der Waals surface area contributed by atoms with Crippen molar-refractivity contribution in [1.29, 1.82) is 0 Å². The van der Waals surface area contributed by atoms with Crippen molar-refractivity contribution in [1.82, 2.24) is 20.2 Å². The highest BCUT2D eigenvalue weighted by Crippen LogP contribution is 2.21. The molecule has 1 amide bonds.